The van der Waals surface area contributed by atoms with Gasteiger partial charge in [-0.25, -0.2) is 0 Å². The van der Waals surface area contributed by atoms with Gasteiger partial charge in [0.05, 0.1) is 20.0 Å². The fourth-order valence-corrected chi connectivity index (χ4v) is 1.61. The van der Waals surface area contributed by atoms with Gasteiger partial charge in [-0.1, -0.05) is 12.7 Å². The maximum Gasteiger partial charge on any atom is 0.173 e. The predicted octanol–water partition coefficient (Wildman–Crippen LogP) is 0.991. The molecule has 0 amide bonds. The van der Waals surface area contributed by atoms with Gasteiger partial charge in [0.15, 0.2) is 6.29 Å². The predicted molar refractivity (Wildman–Crippen MR) is 49.0 cm³/mol. The van der Waals surface area contributed by atoms with Crippen LogP contribution in [0.3, 0.4) is 0 Å². The Kier molecular flexibility index (Phi) is 3.00. The molecule has 0 aromatic rings. The van der Waals surface area contributed by atoms with E-state index in [2.05, 4.69) is 6.07 Å². The summed E-state index contributed by atoms with van der Waals surface area (Å²) in [6, 6.07) is 2.08. The van der Waals surface area contributed by atoms with Gasteiger partial charge in [-0.3, -0.25) is 0 Å². The monoisotopic (exact) mass is 179 g/mol. The lowest BCUT2D eigenvalue weighted by Crippen LogP contribution is -2.25. The normalized spacial score (nSPS) is 41.4. The molecule has 4 unspecified atom stereocenters. The van der Waals surface area contributed by atoms with Crippen LogP contribution in [0.1, 0.15) is 26.7 Å². The van der Waals surface area contributed by atoms with Crippen LogP contribution in [-0.4, -0.2) is 25.3 Å². The molecule has 1 saturated heterocycles. The van der Waals surface area contributed by atoms with Crippen molar-refractivity contribution >= 4 is 7.85 Å². The van der Waals surface area contributed by atoms with Gasteiger partial charge in [0, 0.05) is 0 Å². The number of aliphatic hydroxyl groups excluding tert-OH is 1. The Morgan fingerprint density at radius 2 is 2.46 bits per heavy atom. The van der Waals surface area contributed by atoms with Gasteiger partial charge < -0.3 is 9.84 Å². The van der Waals surface area contributed by atoms with E-state index in [1.807, 2.05) is 6.92 Å². The molecule has 0 saturated carbocycles. The van der Waals surface area contributed by atoms with Crippen molar-refractivity contribution in [3.05, 3.63) is 0 Å². The van der Waals surface area contributed by atoms with Gasteiger partial charge in [0.1, 0.15) is 5.41 Å². The summed E-state index contributed by atoms with van der Waals surface area (Å²) in [4.78, 5) is 0. The maximum atomic E-state index is 9.45. The summed E-state index contributed by atoms with van der Waals surface area (Å²) in [7, 11) is 5.60. The highest BCUT2D eigenvalue weighted by atomic mass is 16.6. The van der Waals surface area contributed by atoms with E-state index in [-0.39, 0.29) is 11.9 Å². The molecule has 1 fully saturated rings. The molecule has 0 spiro atoms. The van der Waals surface area contributed by atoms with Gasteiger partial charge >= 0.3 is 0 Å². The Balaban J connectivity index is 2.56. The molecule has 1 aliphatic heterocycles. The van der Waals surface area contributed by atoms with Crippen molar-refractivity contribution in [1.29, 1.82) is 5.26 Å². The summed E-state index contributed by atoms with van der Waals surface area (Å²) < 4.78 is 5.23. The maximum absolute atomic E-state index is 9.45. The molecule has 0 aliphatic carbocycles. The fraction of sp³-hybridized carbons (Fsp3) is 0.889. The minimum absolute atomic E-state index is 0.0400. The Hall–Kier alpha value is -0.525. The molecule has 70 valence electrons. The molecule has 0 bridgehead atoms. The minimum Gasteiger partial charge on any atom is -0.367 e. The van der Waals surface area contributed by atoms with Gasteiger partial charge in [0.2, 0.25) is 0 Å². The zero-order valence-corrected chi connectivity index (χ0v) is 8.03. The lowest BCUT2D eigenvalue weighted by atomic mass is 9.81. The smallest absolute Gasteiger partial charge is 0.173 e. The number of ether oxygens (including phenoxy) is 1. The van der Waals surface area contributed by atoms with Gasteiger partial charge in [-0.2, -0.15) is 5.26 Å². The first-order valence-electron chi connectivity index (χ1n) is 4.48. The highest BCUT2D eigenvalue weighted by molar-refractivity contribution is 6.11. The molecule has 4 atom stereocenters. The van der Waals surface area contributed by atoms with Crippen LogP contribution in [-0.2, 0) is 4.74 Å². The third-order valence-corrected chi connectivity index (χ3v) is 2.41. The van der Waals surface area contributed by atoms with E-state index in [4.69, 9.17) is 17.8 Å². The van der Waals surface area contributed by atoms with Crippen LogP contribution < -0.4 is 0 Å². The SMILES string of the molecule is [B]C(C)CC1CC(C)(C#N)C(O)O1. The van der Waals surface area contributed by atoms with E-state index in [9.17, 15) is 5.11 Å². The van der Waals surface area contributed by atoms with Crippen LogP contribution in [0, 0.1) is 16.7 Å². The molecule has 1 heterocycles. The zero-order chi connectivity index (χ0) is 10.1. The van der Waals surface area contributed by atoms with Crippen molar-refractivity contribution in [2.45, 2.75) is 44.9 Å². The summed E-state index contributed by atoms with van der Waals surface area (Å²) in [6.45, 7) is 3.59. The van der Waals surface area contributed by atoms with Crippen molar-refractivity contribution < 1.29 is 9.84 Å². The average Bonchev–Trinajstić information content (AvgIpc) is 2.27. The molecule has 4 heteroatoms. The van der Waals surface area contributed by atoms with Crippen molar-refractivity contribution in [1.82, 2.24) is 0 Å². The second kappa shape index (κ2) is 3.69. The third-order valence-electron chi connectivity index (χ3n) is 2.41. The topological polar surface area (TPSA) is 53.2 Å². The van der Waals surface area contributed by atoms with Crippen molar-refractivity contribution in [3.63, 3.8) is 0 Å². The molecular formula is C9H14BNO2. The van der Waals surface area contributed by atoms with Crippen molar-refractivity contribution in [3.8, 4) is 6.07 Å². The van der Waals surface area contributed by atoms with E-state index in [0.29, 0.717) is 12.8 Å². The quantitative estimate of drug-likeness (QED) is 0.643. The van der Waals surface area contributed by atoms with E-state index >= 15 is 0 Å². The molecule has 13 heavy (non-hydrogen) atoms. The second-order valence-electron chi connectivity index (χ2n) is 4.06. The number of hydrogen-bond acceptors (Lipinski definition) is 3. The molecular weight excluding hydrogens is 165 g/mol. The Morgan fingerprint density at radius 3 is 2.85 bits per heavy atom. The number of nitriles is 1. The van der Waals surface area contributed by atoms with Crippen LogP contribution in [0.5, 0.6) is 0 Å². The Morgan fingerprint density at radius 1 is 1.85 bits per heavy atom. The summed E-state index contributed by atoms with van der Waals surface area (Å²) in [6.07, 6.45) is 0.196. The fourth-order valence-electron chi connectivity index (χ4n) is 1.61. The van der Waals surface area contributed by atoms with Crippen LogP contribution in [0.4, 0.5) is 0 Å². The van der Waals surface area contributed by atoms with Gasteiger partial charge in [-0.05, 0) is 19.8 Å². The van der Waals surface area contributed by atoms with Crippen molar-refractivity contribution in [2.75, 3.05) is 0 Å². The van der Waals surface area contributed by atoms with E-state index in [1.54, 1.807) is 6.92 Å². The lowest BCUT2D eigenvalue weighted by molar-refractivity contribution is -0.120. The molecule has 2 radical (unpaired) electrons. The first kappa shape index (κ1) is 10.6. The van der Waals surface area contributed by atoms with Crippen LogP contribution >= 0.6 is 0 Å². The average molecular weight is 179 g/mol. The molecule has 1 rings (SSSR count). The molecule has 0 aromatic heterocycles. The molecule has 3 nitrogen and oxygen atoms in total. The van der Waals surface area contributed by atoms with E-state index in [1.165, 1.54) is 0 Å². The number of rotatable bonds is 2. The van der Waals surface area contributed by atoms with Crippen LogP contribution in [0.2, 0.25) is 5.82 Å². The van der Waals surface area contributed by atoms with Crippen molar-refractivity contribution in [2.24, 2.45) is 5.41 Å². The summed E-state index contributed by atoms with van der Waals surface area (Å²) in [5.74, 6) is 0.0400. The summed E-state index contributed by atoms with van der Waals surface area (Å²) in [5, 5.41) is 18.3. The number of nitrogens with zero attached hydrogens (tertiary/aromatic N) is 1. The lowest BCUT2D eigenvalue weighted by Gasteiger charge is -2.15. The summed E-state index contributed by atoms with van der Waals surface area (Å²) >= 11 is 0. The van der Waals surface area contributed by atoms with E-state index in [0.717, 1.165) is 0 Å². The first-order valence-corrected chi connectivity index (χ1v) is 4.48. The molecule has 0 aromatic carbocycles. The molecule has 1 aliphatic rings. The third kappa shape index (κ3) is 2.23. The Labute approximate surface area is 80.1 Å². The largest absolute Gasteiger partial charge is 0.367 e. The van der Waals surface area contributed by atoms with Gasteiger partial charge in [-0.15, -0.1) is 0 Å². The van der Waals surface area contributed by atoms with E-state index < -0.39 is 11.7 Å². The number of aliphatic hydroxyl groups is 1. The minimum atomic E-state index is -0.971. The van der Waals surface area contributed by atoms with Crippen LogP contribution in [0.15, 0.2) is 0 Å². The number of hydrogen-bond donors (Lipinski definition) is 1. The highest BCUT2D eigenvalue weighted by Crippen LogP contribution is 2.38. The standard InChI is InChI=1S/C9H14BNO2/c1-6(10)3-7-4-9(2,5-11)8(12)13-7/h6-8,12H,3-4H2,1-2H3. The summed E-state index contributed by atoms with van der Waals surface area (Å²) in [5.41, 5.74) is -0.764. The zero-order valence-electron chi connectivity index (χ0n) is 8.03. The highest BCUT2D eigenvalue weighted by Gasteiger charge is 2.44. The second-order valence-corrected chi connectivity index (χ2v) is 4.06. The molecule has 1 N–H and O–H groups in total. The first-order chi connectivity index (χ1) is 5.98. The van der Waals surface area contributed by atoms with Crippen LogP contribution in [0.25, 0.3) is 0 Å². The Bertz CT molecular complexity index is 226. The van der Waals surface area contributed by atoms with Gasteiger partial charge in [0.25, 0.3) is 0 Å².